The number of para-hydroxylation sites is 1. The molecule has 0 spiro atoms. The Balaban J connectivity index is 2.36. The van der Waals surface area contributed by atoms with E-state index in [9.17, 15) is 0 Å². The molecule has 104 valence electrons. The van der Waals surface area contributed by atoms with E-state index in [0.29, 0.717) is 30.4 Å². The SMILES string of the molecule is CCOCc1nc2c(N)nc3c(C)cccc3c2n1N. The molecule has 0 aliphatic carbocycles. The van der Waals surface area contributed by atoms with Crippen LogP contribution >= 0.6 is 0 Å². The summed E-state index contributed by atoms with van der Waals surface area (Å²) in [6.45, 7) is 4.89. The Morgan fingerprint density at radius 2 is 2.05 bits per heavy atom. The molecule has 6 heteroatoms. The molecule has 0 aliphatic heterocycles. The van der Waals surface area contributed by atoms with E-state index in [1.165, 1.54) is 0 Å². The van der Waals surface area contributed by atoms with E-state index in [-0.39, 0.29) is 0 Å². The Hall–Kier alpha value is -2.34. The minimum atomic E-state index is 0.356. The van der Waals surface area contributed by atoms with Crippen LogP contribution in [0.4, 0.5) is 5.82 Å². The molecule has 0 saturated heterocycles. The van der Waals surface area contributed by atoms with E-state index >= 15 is 0 Å². The molecule has 6 nitrogen and oxygen atoms in total. The molecule has 3 rings (SSSR count). The number of imidazole rings is 1. The molecule has 2 aromatic heterocycles. The molecule has 3 aromatic rings. The van der Waals surface area contributed by atoms with Crippen molar-refractivity contribution < 1.29 is 4.74 Å². The summed E-state index contributed by atoms with van der Waals surface area (Å²) < 4.78 is 6.93. The van der Waals surface area contributed by atoms with Gasteiger partial charge in [0.2, 0.25) is 0 Å². The second-order valence-corrected chi connectivity index (χ2v) is 4.70. The number of ether oxygens (including phenoxy) is 1. The third-order valence-corrected chi connectivity index (χ3v) is 3.39. The van der Waals surface area contributed by atoms with Gasteiger partial charge in [0.05, 0.1) is 5.52 Å². The van der Waals surface area contributed by atoms with E-state index in [0.717, 1.165) is 22.0 Å². The maximum atomic E-state index is 6.16. The summed E-state index contributed by atoms with van der Waals surface area (Å²) in [4.78, 5) is 8.90. The predicted molar refractivity (Wildman–Crippen MR) is 79.7 cm³/mol. The average Bonchev–Trinajstić information content (AvgIpc) is 2.76. The summed E-state index contributed by atoms with van der Waals surface area (Å²) in [5, 5.41) is 0.951. The third kappa shape index (κ3) is 1.77. The molecular weight excluding hydrogens is 254 g/mol. The van der Waals surface area contributed by atoms with E-state index < -0.39 is 0 Å². The number of aromatic nitrogens is 3. The highest BCUT2D eigenvalue weighted by Gasteiger charge is 2.16. The lowest BCUT2D eigenvalue weighted by Crippen LogP contribution is -2.13. The van der Waals surface area contributed by atoms with Gasteiger partial charge in [-0.1, -0.05) is 18.2 Å². The van der Waals surface area contributed by atoms with E-state index in [1.807, 2.05) is 32.0 Å². The van der Waals surface area contributed by atoms with Crippen molar-refractivity contribution in [3.63, 3.8) is 0 Å². The van der Waals surface area contributed by atoms with Gasteiger partial charge >= 0.3 is 0 Å². The zero-order chi connectivity index (χ0) is 14.3. The fourth-order valence-electron chi connectivity index (χ4n) is 2.38. The number of anilines is 1. The van der Waals surface area contributed by atoms with Crippen molar-refractivity contribution in [2.75, 3.05) is 18.2 Å². The zero-order valence-corrected chi connectivity index (χ0v) is 11.6. The van der Waals surface area contributed by atoms with Gasteiger partial charge in [-0.2, -0.15) is 0 Å². The van der Waals surface area contributed by atoms with Crippen molar-refractivity contribution in [1.82, 2.24) is 14.6 Å². The number of benzene rings is 1. The van der Waals surface area contributed by atoms with Crippen LogP contribution in [0.25, 0.3) is 21.9 Å². The van der Waals surface area contributed by atoms with Crippen molar-refractivity contribution in [2.24, 2.45) is 0 Å². The fourth-order valence-corrected chi connectivity index (χ4v) is 2.38. The number of nitrogens with zero attached hydrogens (tertiary/aromatic N) is 3. The van der Waals surface area contributed by atoms with Crippen LogP contribution in [-0.2, 0) is 11.3 Å². The van der Waals surface area contributed by atoms with E-state index in [2.05, 4.69) is 9.97 Å². The van der Waals surface area contributed by atoms with Gasteiger partial charge in [0, 0.05) is 12.0 Å². The number of hydrogen-bond acceptors (Lipinski definition) is 5. The molecule has 20 heavy (non-hydrogen) atoms. The normalized spacial score (nSPS) is 11.5. The number of aryl methyl sites for hydroxylation is 1. The lowest BCUT2D eigenvalue weighted by Gasteiger charge is -2.06. The van der Waals surface area contributed by atoms with Gasteiger partial charge in [-0.05, 0) is 19.4 Å². The molecule has 2 heterocycles. The van der Waals surface area contributed by atoms with Gasteiger partial charge in [-0.25, -0.2) is 14.6 Å². The molecule has 1 aromatic carbocycles. The van der Waals surface area contributed by atoms with Gasteiger partial charge in [0.1, 0.15) is 17.6 Å². The zero-order valence-electron chi connectivity index (χ0n) is 11.6. The number of nitrogens with two attached hydrogens (primary N) is 2. The summed E-state index contributed by atoms with van der Waals surface area (Å²) >= 11 is 0. The van der Waals surface area contributed by atoms with Crippen LogP contribution in [0, 0.1) is 6.92 Å². The second kappa shape index (κ2) is 4.64. The first-order valence-electron chi connectivity index (χ1n) is 6.52. The number of fused-ring (bicyclic) bond motifs is 3. The van der Waals surface area contributed by atoms with Crippen molar-refractivity contribution in [3.8, 4) is 0 Å². The Kier molecular flexibility index (Phi) is 2.94. The Labute approximate surface area is 116 Å². The first kappa shape index (κ1) is 12.7. The van der Waals surface area contributed by atoms with Crippen LogP contribution in [0.1, 0.15) is 18.3 Å². The van der Waals surface area contributed by atoms with Crippen LogP contribution in [0.5, 0.6) is 0 Å². The van der Waals surface area contributed by atoms with Crippen molar-refractivity contribution in [2.45, 2.75) is 20.5 Å². The maximum Gasteiger partial charge on any atom is 0.154 e. The van der Waals surface area contributed by atoms with Gasteiger partial charge in [-0.15, -0.1) is 0 Å². The third-order valence-electron chi connectivity index (χ3n) is 3.39. The van der Waals surface area contributed by atoms with Crippen LogP contribution < -0.4 is 11.6 Å². The van der Waals surface area contributed by atoms with E-state index in [1.54, 1.807) is 4.68 Å². The maximum absolute atomic E-state index is 6.16. The number of nitrogen functional groups attached to an aromatic ring is 2. The Morgan fingerprint density at radius 3 is 2.80 bits per heavy atom. The molecule has 0 radical (unpaired) electrons. The monoisotopic (exact) mass is 271 g/mol. The minimum absolute atomic E-state index is 0.356. The molecule has 0 amide bonds. The number of rotatable bonds is 3. The molecular formula is C14H17N5O. The summed E-state index contributed by atoms with van der Waals surface area (Å²) in [7, 11) is 0. The Bertz CT molecular complexity index is 793. The lowest BCUT2D eigenvalue weighted by atomic mass is 10.1. The highest BCUT2D eigenvalue weighted by molar-refractivity contribution is 6.07. The predicted octanol–water partition coefficient (Wildman–Crippen LogP) is 1.73. The van der Waals surface area contributed by atoms with Crippen LogP contribution in [0.3, 0.4) is 0 Å². The molecule has 0 saturated carbocycles. The van der Waals surface area contributed by atoms with Gasteiger partial charge in [0.25, 0.3) is 0 Å². The molecule has 0 aliphatic rings. The molecule has 0 bridgehead atoms. The largest absolute Gasteiger partial charge is 0.382 e. The minimum Gasteiger partial charge on any atom is -0.382 e. The van der Waals surface area contributed by atoms with Crippen LogP contribution in [-0.4, -0.2) is 21.3 Å². The molecule has 0 atom stereocenters. The summed E-state index contributed by atoms with van der Waals surface area (Å²) in [6, 6.07) is 5.95. The van der Waals surface area contributed by atoms with E-state index in [4.69, 9.17) is 16.3 Å². The number of pyridine rings is 1. The standard InChI is InChI=1S/C14H17N5O/c1-3-20-7-10-17-12-13(19(10)16)9-6-4-5-8(2)11(9)18-14(12)15/h4-6H,3,7,16H2,1-2H3,(H2,15,18). The lowest BCUT2D eigenvalue weighted by molar-refractivity contribution is 0.127. The highest BCUT2D eigenvalue weighted by Crippen LogP contribution is 2.29. The summed E-state index contributed by atoms with van der Waals surface area (Å²) in [6.07, 6.45) is 0. The molecule has 4 N–H and O–H groups in total. The smallest absolute Gasteiger partial charge is 0.154 e. The fraction of sp³-hybridized carbons (Fsp3) is 0.286. The first-order valence-corrected chi connectivity index (χ1v) is 6.52. The van der Waals surface area contributed by atoms with Crippen LogP contribution in [0.15, 0.2) is 18.2 Å². The van der Waals surface area contributed by atoms with Crippen molar-refractivity contribution in [1.29, 1.82) is 0 Å². The average molecular weight is 271 g/mol. The topological polar surface area (TPSA) is 92.0 Å². The van der Waals surface area contributed by atoms with Gasteiger partial charge in [-0.3, -0.25) is 0 Å². The second-order valence-electron chi connectivity index (χ2n) is 4.70. The van der Waals surface area contributed by atoms with Crippen LogP contribution in [0.2, 0.25) is 0 Å². The highest BCUT2D eigenvalue weighted by atomic mass is 16.5. The molecule has 0 unspecified atom stereocenters. The summed E-state index contributed by atoms with van der Waals surface area (Å²) in [5.41, 5.74) is 9.35. The van der Waals surface area contributed by atoms with Gasteiger partial charge < -0.3 is 16.3 Å². The Morgan fingerprint density at radius 1 is 1.25 bits per heavy atom. The number of hydrogen-bond donors (Lipinski definition) is 2. The summed E-state index contributed by atoms with van der Waals surface area (Å²) in [5.74, 6) is 7.19. The quantitative estimate of drug-likeness (QED) is 0.708. The van der Waals surface area contributed by atoms with Gasteiger partial charge in [0.15, 0.2) is 11.6 Å². The van der Waals surface area contributed by atoms with Crippen molar-refractivity contribution in [3.05, 3.63) is 29.6 Å². The first-order chi connectivity index (χ1) is 9.63. The van der Waals surface area contributed by atoms with Crippen molar-refractivity contribution >= 4 is 27.8 Å². The molecule has 0 fully saturated rings.